The molecule has 0 saturated carbocycles. The highest BCUT2D eigenvalue weighted by Crippen LogP contribution is 2.09. The van der Waals surface area contributed by atoms with Crippen molar-refractivity contribution in [3.05, 3.63) is 29.8 Å². The van der Waals surface area contributed by atoms with Crippen LogP contribution in [0.5, 0.6) is 0 Å². The fraction of sp³-hybridized carbons (Fsp3) is 0.222. The zero-order valence-electron chi connectivity index (χ0n) is 8.10. The number of hydrogen-bond acceptors (Lipinski definition) is 4. The van der Waals surface area contributed by atoms with Crippen LogP contribution in [0.1, 0.15) is 11.4 Å². The smallest absolute Gasteiger partial charge is 0.175 e. The Morgan fingerprint density at radius 3 is 2.79 bits per heavy atom. The third-order valence-electron chi connectivity index (χ3n) is 1.88. The molecule has 0 aliphatic rings. The summed E-state index contributed by atoms with van der Waals surface area (Å²) in [5.74, 6) is 1.20. The molecule has 0 amide bonds. The molecule has 0 spiro atoms. The largest absolute Gasteiger partial charge is 0.382 e. The lowest BCUT2D eigenvalue weighted by atomic mass is 10.4. The van der Waals surface area contributed by atoms with Gasteiger partial charge in [-0.2, -0.15) is 0 Å². The lowest BCUT2D eigenvalue weighted by Crippen LogP contribution is -2.04. The Labute approximate surface area is 81.6 Å². The van der Waals surface area contributed by atoms with E-state index in [0.717, 1.165) is 17.2 Å². The van der Waals surface area contributed by atoms with E-state index in [0.29, 0.717) is 5.82 Å². The van der Waals surface area contributed by atoms with Crippen molar-refractivity contribution in [2.45, 2.75) is 13.8 Å². The molecule has 0 saturated heterocycles. The molecule has 2 aromatic rings. The van der Waals surface area contributed by atoms with Crippen LogP contribution in [0.25, 0.3) is 5.82 Å². The highest BCUT2D eigenvalue weighted by atomic mass is 15.3. The van der Waals surface area contributed by atoms with Crippen LogP contribution in [0.3, 0.4) is 0 Å². The topological polar surface area (TPSA) is 69.6 Å². The first kappa shape index (κ1) is 8.68. The molecule has 2 heterocycles. The van der Waals surface area contributed by atoms with Crippen LogP contribution in [0.2, 0.25) is 0 Å². The van der Waals surface area contributed by atoms with E-state index in [9.17, 15) is 0 Å². The zero-order chi connectivity index (χ0) is 10.1. The maximum Gasteiger partial charge on any atom is 0.175 e. The summed E-state index contributed by atoms with van der Waals surface area (Å²) in [6.45, 7) is 3.78. The summed E-state index contributed by atoms with van der Waals surface area (Å²) >= 11 is 0. The summed E-state index contributed by atoms with van der Waals surface area (Å²) in [7, 11) is 0. The lowest BCUT2D eigenvalue weighted by molar-refractivity contribution is 0.819. The summed E-state index contributed by atoms with van der Waals surface area (Å²) in [5, 5.41) is 4.07. The van der Waals surface area contributed by atoms with Crippen molar-refractivity contribution in [3.63, 3.8) is 0 Å². The van der Waals surface area contributed by atoms with E-state index in [1.807, 2.05) is 13.8 Å². The molecule has 72 valence electrons. The van der Waals surface area contributed by atoms with Crippen LogP contribution in [0.15, 0.2) is 18.5 Å². The number of rotatable bonds is 1. The number of hydrogen-bond donors (Lipinski definition) is 1. The van der Waals surface area contributed by atoms with Gasteiger partial charge in [-0.15, -0.1) is 5.10 Å². The molecule has 5 nitrogen and oxygen atoms in total. The summed E-state index contributed by atoms with van der Waals surface area (Å²) < 4.78 is 1.63. The van der Waals surface area contributed by atoms with E-state index in [2.05, 4.69) is 15.1 Å². The third-order valence-corrected chi connectivity index (χ3v) is 1.88. The first-order chi connectivity index (χ1) is 6.66. The maximum atomic E-state index is 5.52. The first-order valence-electron chi connectivity index (χ1n) is 4.28. The molecule has 2 N–H and O–H groups in total. The van der Waals surface area contributed by atoms with Gasteiger partial charge in [-0.3, -0.25) is 4.98 Å². The van der Waals surface area contributed by atoms with Crippen molar-refractivity contribution in [2.24, 2.45) is 0 Å². The Hall–Kier alpha value is -1.91. The molecule has 14 heavy (non-hydrogen) atoms. The minimum atomic E-state index is 0.479. The van der Waals surface area contributed by atoms with Crippen LogP contribution in [0, 0.1) is 13.8 Å². The van der Waals surface area contributed by atoms with Gasteiger partial charge in [-0.25, -0.2) is 9.67 Å². The van der Waals surface area contributed by atoms with Gasteiger partial charge in [0.2, 0.25) is 0 Å². The van der Waals surface area contributed by atoms with Gasteiger partial charge in [-0.05, 0) is 13.8 Å². The highest BCUT2D eigenvalue weighted by molar-refractivity contribution is 5.32. The number of aromatic nitrogens is 4. The number of nitrogens with two attached hydrogens (primary N) is 1. The molecule has 0 bridgehead atoms. The van der Waals surface area contributed by atoms with Gasteiger partial charge in [0.25, 0.3) is 0 Å². The molecule has 0 atom stereocenters. The fourth-order valence-electron chi connectivity index (χ4n) is 1.20. The fourth-order valence-corrected chi connectivity index (χ4v) is 1.20. The first-order valence-corrected chi connectivity index (χ1v) is 4.28. The van der Waals surface area contributed by atoms with Gasteiger partial charge in [-0.1, -0.05) is 0 Å². The molecular formula is C9H11N5. The molecular weight excluding hydrogens is 178 g/mol. The number of aryl methyl sites for hydroxylation is 2. The average Bonchev–Trinajstić information content (AvgIpc) is 2.56. The normalized spacial score (nSPS) is 10.4. The zero-order valence-corrected chi connectivity index (χ0v) is 8.10. The van der Waals surface area contributed by atoms with Crippen molar-refractivity contribution in [1.29, 1.82) is 0 Å². The molecule has 5 heteroatoms. The second kappa shape index (κ2) is 3.10. The van der Waals surface area contributed by atoms with Gasteiger partial charge in [0.05, 0.1) is 11.4 Å². The predicted molar refractivity (Wildman–Crippen MR) is 53.0 cm³/mol. The van der Waals surface area contributed by atoms with Crippen molar-refractivity contribution in [1.82, 2.24) is 19.7 Å². The van der Waals surface area contributed by atoms with E-state index < -0.39 is 0 Å². The SMILES string of the molecule is Cc1cnc(C)c(-n2ccc(N)n2)n1. The number of nitrogen functional groups attached to an aromatic ring is 1. The Balaban J connectivity index is 2.55. The highest BCUT2D eigenvalue weighted by Gasteiger charge is 2.05. The molecule has 0 aromatic carbocycles. The second-order valence-corrected chi connectivity index (χ2v) is 3.11. The maximum absolute atomic E-state index is 5.52. The van der Waals surface area contributed by atoms with E-state index in [-0.39, 0.29) is 0 Å². The van der Waals surface area contributed by atoms with E-state index >= 15 is 0 Å². The van der Waals surface area contributed by atoms with Crippen molar-refractivity contribution in [2.75, 3.05) is 5.73 Å². The Morgan fingerprint density at radius 2 is 2.14 bits per heavy atom. The second-order valence-electron chi connectivity index (χ2n) is 3.11. The minimum absolute atomic E-state index is 0.479. The summed E-state index contributed by atoms with van der Waals surface area (Å²) in [6.07, 6.45) is 3.50. The van der Waals surface area contributed by atoms with Crippen LogP contribution in [0.4, 0.5) is 5.82 Å². The number of nitrogens with zero attached hydrogens (tertiary/aromatic N) is 4. The van der Waals surface area contributed by atoms with Crippen molar-refractivity contribution in [3.8, 4) is 5.82 Å². The molecule has 0 aliphatic heterocycles. The molecule has 0 radical (unpaired) electrons. The Morgan fingerprint density at radius 1 is 1.36 bits per heavy atom. The Kier molecular flexibility index (Phi) is 1.92. The molecule has 2 aromatic heterocycles. The van der Waals surface area contributed by atoms with Crippen LogP contribution in [-0.4, -0.2) is 19.7 Å². The monoisotopic (exact) mass is 189 g/mol. The third kappa shape index (κ3) is 1.44. The van der Waals surface area contributed by atoms with E-state index in [1.165, 1.54) is 0 Å². The standard InChI is InChI=1S/C9H11N5/c1-6-5-11-7(2)9(12-6)14-4-3-8(10)13-14/h3-5H,1-2H3,(H2,10,13). The number of anilines is 1. The average molecular weight is 189 g/mol. The molecule has 0 unspecified atom stereocenters. The summed E-state index contributed by atoms with van der Waals surface area (Å²) in [4.78, 5) is 8.54. The van der Waals surface area contributed by atoms with Gasteiger partial charge < -0.3 is 5.73 Å². The summed E-state index contributed by atoms with van der Waals surface area (Å²) in [5.41, 5.74) is 7.22. The molecule has 0 fully saturated rings. The Bertz CT molecular complexity index is 460. The van der Waals surface area contributed by atoms with Gasteiger partial charge in [0.1, 0.15) is 5.82 Å². The van der Waals surface area contributed by atoms with Crippen LogP contribution < -0.4 is 5.73 Å². The lowest BCUT2D eigenvalue weighted by Gasteiger charge is -2.03. The molecule has 0 aliphatic carbocycles. The van der Waals surface area contributed by atoms with Crippen molar-refractivity contribution >= 4 is 5.82 Å². The minimum Gasteiger partial charge on any atom is -0.382 e. The quantitative estimate of drug-likeness (QED) is 0.722. The van der Waals surface area contributed by atoms with Crippen molar-refractivity contribution < 1.29 is 0 Å². The summed E-state index contributed by atoms with van der Waals surface area (Å²) in [6, 6.07) is 1.73. The van der Waals surface area contributed by atoms with Gasteiger partial charge in [0.15, 0.2) is 5.82 Å². The van der Waals surface area contributed by atoms with Crippen LogP contribution >= 0.6 is 0 Å². The van der Waals surface area contributed by atoms with Gasteiger partial charge >= 0.3 is 0 Å². The van der Waals surface area contributed by atoms with Gasteiger partial charge in [0, 0.05) is 18.5 Å². The van der Waals surface area contributed by atoms with E-state index in [4.69, 9.17) is 5.73 Å². The predicted octanol–water partition coefficient (Wildman–Crippen LogP) is 0.861. The van der Waals surface area contributed by atoms with E-state index in [1.54, 1.807) is 23.1 Å². The molecule has 2 rings (SSSR count). The van der Waals surface area contributed by atoms with Crippen LogP contribution in [-0.2, 0) is 0 Å².